The van der Waals surface area contributed by atoms with E-state index in [4.69, 9.17) is 10.5 Å². The Kier molecular flexibility index (Phi) is 2.87. The Bertz CT molecular complexity index is 705. The maximum atomic E-state index is 6.04. The van der Waals surface area contributed by atoms with Gasteiger partial charge in [0.05, 0.1) is 24.2 Å². The third-order valence-corrected chi connectivity index (χ3v) is 4.07. The van der Waals surface area contributed by atoms with E-state index in [1.165, 1.54) is 0 Å². The van der Waals surface area contributed by atoms with Gasteiger partial charge in [0.1, 0.15) is 10.8 Å². The fraction of sp³-hybridized carbons (Fsp3) is 0.231. The third kappa shape index (κ3) is 1.94. The highest BCUT2D eigenvalue weighted by Gasteiger charge is 2.17. The molecule has 0 radical (unpaired) electrons. The van der Waals surface area contributed by atoms with Crippen molar-refractivity contribution in [3.8, 4) is 5.75 Å². The van der Waals surface area contributed by atoms with E-state index >= 15 is 0 Å². The summed E-state index contributed by atoms with van der Waals surface area (Å²) in [6.07, 6.45) is 1.80. The van der Waals surface area contributed by atoms with E-state index in [1.807, 2.05) is 28.1 Å². The minimum Gasteiger partial charge on any atom is -0.497 e. The largest absolute Gasteiger partial charge is 0.497 e. The lowest BCUT2D eigenvalue weighted by Gasteiger charge is -2.13. The van der Waals surface area contributed by atoms with Crippen LogP contribution in [0.2, 0.25) is 0 Å². The van der Waals surface area contributed by atoms with E-state index in [0.717, 1.165) is 21.8 Å². The molecule has 98 valence electrons. The summed E-state index contributed by atoms with van der Waals surface area (Å²) in [4.78, 5) is 8.73. The van der Waals surface area contributed by atoms with Crippen molar-refractivity contribution in [3.05, 3.63) is 34.8 Å². The monoisotopic (exact) mass is 274 g/mol. The Hall–Kier alpha value is -2.08. The van der Waals surface area contributed by atoms with Crippen molar-refractivity contribution in [2.24, 2.45) is 0 Å². The van der Waals surface area contributed by atoms with Crippen molar-refractivity contribution in [2.75, 3.05) is 12.8 Å². The second kappa shape index (κ2) is 4.55. The molecule has 3 aromatic rings. The Balaban J connectivity index is 2.19. The van der Waals surface area contributed by atoms with Crippen molar-refractivity contribution < 1.29 is 4.74 Å². The summed E-state index contributed by atoms with van der Waals surface area (Å²) < 4.78 is 7.24. The summed E-state index contributed by atoms with van der Waals surface area (Å²) in [6, 6.07) is 5.79. The van der Waals surface area contributed by atoms with Crippen LogP contribution in [-0.2, 0) is 0 Å². The minimum atomic E-state index is 0.0529. The second-order valence-corrected chi connectivity index (χ2v) is 5.17. The van der Waals surface area contributed by atoms with E-state index < -0.39 is 0 Å². The molecule has 1 unspecified atom stereocenters. The van der Waals surface area contributed by atoms with Gasteiger partial charge in [-0.05, 0) is 19.1 Å². The zero-order valence-electron chi connectivity index (χ0n) is 10.7. The molecular weight excluding hydrogens is 260 g/mol. The number of hydrogen-bond donors (Lipinski definition) is 1. The molecular formula is C13H14N4OS. The van der Waals surface area contributed by atoms with E-state index in [0.29, 0.717) is 5.95 Å². The number of nitrogens with zero attached hydrogens (tertiary/aromatic N) is 3. The van der Waals surface area contributed by atoms with Crippen molar-refractivity contribution in [3.63, 3.8) is 0 Å². The highest BCUT2D eigenvalue weighted by Crippen LogP contribution is 2.30. The van der Waals surface area contributed by atoms with Crippen LogP contribution in [0.4, 0.5) is 5.95 Å². The first-order chi connectivity index (χ1) is 9.20. The number of thiazole rings is 1. The number of aromatic nitrogens is 3. The number of benzene rings is 1. The third-order valence-electron chi connectivity index (χ3n) is 3.12. The maximum absolute atomic E-state index is 6.04. The quantitative estimate of drug-likeness (QED) is 0.797. The lowest BCUT2D eigenvalue weighted by Crippen LogP contribution is -2.09. The van der Waals surface area contributed by atoms with Crippen LogP contribution >= 0.6 is 11.3 Å². The fourth-order valence-corrected chi connectivity index (χ4v) is 2.86. The number of fused-ring (bicyclic) bond motifs is 1. The number of methoxy groups -OCH3 is 1. The lowest BCUT2D eigenvalue weighted by atomic mass is 10.2. The summed E-state index contributed by atoms with van der Waals surface area (Å²) in [6.45, 7) is 2.07. The standard InChI is InChI=1S/C13H14N4OS/c1-8(12-15-5-6-19-12)17-11-7-9(18-2)3-4-10(11)16-13(17)14/h3-8H,1-2H3,(H2,14,16). The summed E-state index contributed by atoms with van der Waals surface area (Å²) >= 11 is 1.61. The molecule has 0 fully saturated rings. The Morgan fingerprint density at radius 2 is 2.26 bits per heavy atom. The van der Waals surface area contributed by atoms with Crippen LogP contribution in [0.5, 0.6) is 5.75 Å². The number of rotatable bonds is 3. The minimum absolute atomic E-state index is 0.0529. The van der Waals surface area contributed by atoms with Gasteiger partial charge in [0, 0.05) is 17.6 Å². The van der Waals surface area contributed by atoms with Gasteiger partial charge < -0.3 is 15.0 Å². The number of ether oxygens (including phenoxy) is 1. The zero-order valence-corrected chi connectivity index (χ0v) is 11.5. The summed E-state index contributed by atoms with van der Waals surface area (Å²) in [5.41, 5.74) is 7.86. The molecule has 0 saturated carbocycles. The Morgan fingerprint density at radius 1 is 1.42 bits per heavy atom. The van der Waals surface area contributed by atoms with E-state index in [-0.39, 0.29) is 6.04 Å². The van der Waals surface area contributed by atoms with Crippen molar-refractivity contribution in [1.82, 2.24) is 14.5 Å². The van der Waals surface area contributed by atoms with Crippen molar-refractivity contribution >= 4 is 28.3 Å². The van der Waals surface area contributed by atoms with Crippen LogP contribution in [-0.4, -0.2) is 21.6 Å². The zero-order chi connectivity index (χ0) is 13.4. The molecule has 0 spiro atoms. The molecule has 3 rings (SSSR count). The molecule has 1 aromatic carbocycles. The first kappa shape index (κ1) is 12.0. The molecule has 0 bridgehead atoms. The topological polar surface area (TPSA) is 66.0 Å². The van der Waals surface area contributed by atoms with Gasteiger partial charge in [-0.25, -0.2) is 9.97 Å². The van der Waals surface area contributed by atoms with Gasteiger partial charge in [0.2, 0.25) is 5.95 Å². The van der Waals surface area contributed by atoms with Gasteiger partial charge in [-0.15, -0.1) is 11.3 Å². The molecule has 0 amide bonds. The molecule has 1 atom stereocenters. The molecule has 5 nitrogen and oxygen atoms in total. The number of imidazole rings is 1. The normalized spacial score (nSPS) is 12.7. The highest BCUT2D eigenvalue weighted by atomic mass is 32.1. The average molecular weight is 274 g/mol. The maximum Gasteiger partial charge on any atom is 0.201 e. The smallest absolute Gasteiger partial charge is 0.201 e. The van der Waals surface area contributed by atoms with Gasteiger partial charge in [-0.3, -0.25) is 0 Å². The number of anilines is 1. The molecule has 0 aliphatic heterocycles. The Labute approximate surface area is 114 Å². The van der Waals surface area contributed by atoms with Gasteiger partial charge in [0.15, 0.2) is 0 Å². The SMILES string of the molecule is COc1ccc2nc(N)n(C(C)c3nccs3)c2c1. The van der Waals surface area contributed by atoms with Crippen LogP contribution in [0.1, 0.15) is 18.0 Å². The predicted molar refractivity (Wildman–Crippen MR) is 76.6 cm³/mol. The molecule has 0 aliphatic rings. The van der Waals surface area contributed by atoms with Crippen molar-refractivity contribution in [2.45, 2.75) is 13.0 Å². The highest BCUT2D eigenvalue weighted by molar-refractivity contribution is 7.09. The van der Waals surface area contributed by atoms with Crippen LogP contribution in [0.15, 0.2) is 29.8 Å². The fourth-order valence-electron chi connectivity index (χ4n) is 2.18. The summed E-state index contributed by atoms with van der Waals surface area (Å²) in [5, 5.41) is 2.97. The Morgan fingerprint density at radius 3 is 2.95 bits per heavy atom. The summed E-state index contributed by atoms with van der Waals surface area (Å²) in [5.74, 6) is 1.28. The summed E-state index contributed by atoms with van der Waals surface area (Å²) in [7, 11) is 1.65. The molecule has 2 heterocycles. The van der Waals surface area contributed by atoms with Crippen LogP contribution in [0, 0.1) is 0 Å². The number of hydrogen-bond acceptors (Lipinski definition) is 5. The van der Waals surface area contributed by atoms with Gasteiger partial charge in [-0.2, -0.15) is 0 Å². The van der Waals surface area contributed by atoms with E-state index in [9.17, 15) is 0 Å². The van der Waals surface area contributed by atoms with Crippen LogP contribution < -0.4 is 10.5 Å². The van der Waals surface area contributed by atoms with Crippen LogP contribution in [0.3, 0.4) is 0 Å². The van der Waals surface area contributed by atoms with Crippen LogP contribution in [0.25, 0.3) is 11.0 Å². The molecule has 19 heavy (non-hydrogen) atoms. The van der Waals surface area contributed by atoms with E-state index in [1.54, 1.807) is 24.6 Å². The van der Waals surface area contributed by atoms with Crippen molar-refractivity contribution in [1.29, 1.82) is 0 Å². The van der Waals surface area contributed by atoms with Gasteiger partial charge >= 0.3 is 0 Å². The van der Waals surface area contributed by atoms with E-state index in [2.05, 4.69) is 16.9 Å². The first-order valence-corrected chi connectivity index (χ1v) is 6.79. The van der Waals surface area contributed by atoms with Gasteiger partial charge in [-0.1, -0.05) is 0 Å². The predicted octanol–water partition coefficient (Wildman–Crippen LogP) is 2.69. The number of nitrogens with two attached hydrogens (primary N) is 1. The second-order valence-electron chi connectivity index (χ2n) is 4.24. The molecule has 0 aliphatic carbocycles. The number of nitrogen functional groups attached to an aromatic ring is 1. The van der Waals surface area contributed by atoms with Gasteiger partial charge in [0.25, 0.3) is 0 Å². The molecule has 0 saturated heterocycles. The molecule has 2 N–H and O–H groups in total. The molecule has 6 heteroatoms. The molecule has 2 aromatic heterocycles. The lowest BCUT2D eigenvalue weighted by molar-refractivity contribution is 0.415. The average Bonchev–Trinajstić information content (AvgIpc) is 3.03. The first-order valence-electron chi connectivity index (χ1n) is 5.91.